The third-order valence-corrected chi connectivity index (χ3v) is 7.71. The van der Waals surface area contributed by atoms with Gasteiger partial charge in [0.15, 0.2) is 5.78 Å². The molecule has 0 spiro atoms. The van der Waals surface area contributed by atoms with Gasteiger partial charge in [0.1, 0.15) is 17.6 Å². The molecule has 0 amide bonds. The molecule has 1 unspecified atom stereocenters. The Hall–Kier alpha value is -3.72. The Labute approximate surface area is 240 Å². The molecule has 2 aromatic carbocycles. The maximum atomic E-state index is 12.2. The first-order valence-electron chi connectivity index (χ1n) is 13.5. The molecule has 214 valence electrons. The summed E-state index contributed by atoms with van der Waals surface area (Å²) in [4.78, 5) is 26.5. The standard InChI is InChI=1S/C30H36N4O5.ClH/c1-30(2)15-22(14-23(35)16-30)33-12-10-26(18-33)38-24-6-4-20(5-7-24)27(28(36)37)39-25-8-3-19-9-11-34(29(31)32)17-21(19)13-25;/h3-8,13-14,26-27H,9-12,15-18H2,1-2H3,(H4,31,32,36,37);1H/t26-,27?;/m0./s1. The number of likely N-dealkylation sites (tertiary alicyclic amines) is 1. The second-order valence-corrected chi connectivity index (χ2v) is 11.5. The molecule has 0 saturated carbocycles. The molecule has 2 aliphatic heterocycles. The molecule has 1 fully saturated rings. The fourth-order valence-corrected chi connectivity index (χ4v) is 5.74. The lowest BCUT2D eigenvalue weighted by Crippen LogP contribution is -3.00. The van der Waals surface area contributed by atoms with Gasteiger partial charge in [-0.2, -0.15) is 0 Å². The number of hydrogen-bond acceptors (Lipinski definition) is 5. The molecule has 3 aliphatic rings. The number of fused-ring (bicyclic) bond motifs is 1. The molecular weight excluding hydrogens is 532 g/mol. The van der Waals surface area contributed by atoms with Crippen molar-refractivity contribution in [2.75, 3.05) is 19.6 Å². The van der Waals surface area contributed by atoms with Crippen LogP contribution in [0.2, 0.25) is 0 Å². The normalized spacial score (nSPS) is 20.6. The van der Waals surface area contributed by atoms with Crippen molar-refractivity contribution >= 4 is 17.7 Å². The van der Waals surface area contributed by atoms with Crippen LogP contribution in [-0.2, 0) is 22.6 Å². The number of allylic oxidation sites excluding steroid dienone is 2. The lowest BCUT2D eigenvalue weighted by molar-refractivity contribution is -0.549. The largest absolute Gasteiger partial charge is 1.00 e. The summed E-state index contributed by atoms with van der Waals surface area (Å²) < 4.78 is 14.0. The number of carboxylic acid groups (broad SMARTS) is 1. The smallest absolute Gasteiger partial charge is 0.349 e. The van der Waals surface area contributed by atoms with Crippen LogP contribution in [0.15, 0.2) is 54.2 Å². The average Bonchev–Trinajstić information content (AvgIpc) is 3.34. The second-order valence-electron chi connectivity index (χ2n) is 11.5. The number of nitrogens with two attached hydrogens (primary N) is 2. The number of carbonyl (C=O) groups excluding carboxylic acids is 1. The van der Waals surface area contributed by atoms with Gasteiger partial charge in [0.05, 0.1) is 19.6 Å². The van der Waals surface area contributed by atoms with Gasteiger partial charge in [-0.05, 0) is 47.2 Å². The Morgan fingerprint density at radius 3 is 2.50 bits per heavy atom. The number of benzene rings is 2. The molecule has 0 radical (unpaired) electrons. The van der Waals surface area contributed by atoms with Crippen LogP contribution in [0.5, 0.6) is 11.5 Å². The molecule has 0 aromatic heterocycles. The third kappa shape index (κ3) is 6.70. The van der Waals surface area contributed by atoms with Gasteiger partial charge in [-0.25, -0.2) is 4.79 Å². The summed E-state index contributed by atoms with van der Waals surface area (Å²) in [6.45, 7) is 7.14. The monoisotopic (exact) mass is 568 g/mol. The Balaban J connectivity index is 0.00000370. The minimum atomic E-state index is -1.16. The van der Waals surface area contributed by atoms with E-state index in [0.717, 1.165) is 50.2 Å². The topological polar surface area (TPSA) is 131 Å². The number of nitrogens with zero attached hydrogens (tertiary/aromatic N) is 2. The Morgan fingerprint density at radius 2 is 1.82 bits per heavy atom. The van der Waals surface area contributed by atoms with Crippen LogP contribution in [0, 0.1) is 5.41 Å². The fraction of sp³-hybridized carbons (Fsp3) is 0.433. The Morgan fingerprint density at radius 1 is 1.10 bits per heavy atom. The van der Waals surface area contributed by atoms with E-state index in [2.05, 4.69) is 18.7 Å². The summed E-state index contributed by atoms with van der Waals surface area (Å²) in [6, 6.07) is 12.7. The van der Waals surface area contributed by atoms with Crippen molar-refractivity contribution in [3.63, 3.8) is 0 Å². The zero-order valence-corrected chi connectivity index (χ0v) is 23.7. The third-order valence-electron chi connectivity index (χ3n) is 7.71. The first kappa shape index (κ1) is 29.3. The highest BCUT2D eigenvalue weighted by molar-refractivity contribution is 5.91. The van der Waals surface area contributed by atoms with E-state index in [1.165, 1.54) is 5.56 Å². The van der Waals surface area contributed by atoms with Gasteiger partial charge < -0.3 is 31.9 Å². The number of ketones is 1. The molecular formula is C30H37ClN4O5. The van der Waals surface area contributed by atoms with Gasteiger partial charge in [-0.1, -0.05) is 32.0 Å². The van der Waals surface area contributed by atoms with E-state index in [1.54, 1.807) is 36.4 Å². The first-order valence-corrected chi connectivity index (χ1v) is 13.5. The Bertz CT molecular complexity index is 1330. The van der Waals surface area contributed by atoms with Crippen LogP contribution in [0.1, 0.15) is 55.9 Å². The summed E-state index contributed by atoms with van der Waals surface area (Å²) in [5.74, 6) is 0.532. The van der Waals surface area contributed by atoms with E-state index < -0.39 is 12.1 Å². The average molecular weight is 569 g/mol. The lowest BCUT2D eigenvalue weighted by Gasteiger charge is -2.33. The molecule has 2 aromatic rings. The van der Waals surface area contributed by atoms with Crippen molar-refractivity contribution < 1.29 is 41.2 Å². The van der Waals surface area contributed by atoms with Gasteiger partial charge >= 0.3 is 11.9 Å². The predicted molar refractivity (Wildman–Crippen MR) is 147 cm³/mol. The summed E-state index contributed by atoms with van der Waals surface area (Å²) >= 11 is 0. The van der Waals surface area contributed by atoms with E-state index in [4.69, 9.17) is 20.9 Å². The van der Waals surface area contributed by atoms with E-state index in [0.29, 0.717) is 30.0 Å². The fourth-order valence-electron chi connectivity index (χ4n) is 5.74. The molecule has 9 nitrogen and oxygen atoms in total. The molecule has 5 N–H and O–H groups in total. The molecule has 10 heteroatoms. The van der Waals surface area contributed by atoms with E-state index >= 15 is 0 Å². The van der Waals surface area contributed by atoms with Crippen LogP contribution in [0.25, 0.3) is 0 Å². The van der Waals surface area contributed by atoms with Crippen LogP contribution in [-0.4, -0.2) is 58.0 Å². The molecule has 1 aliphatic carbocycles. The molecule has 2 atom stereocenters. The summed E-state index contributed by atoms with van der Waals surface area (Å²) in [5.41, 5.74) is 15.3. The highest BCUT2D eigenvalue weighted by Gasteiger charge is 2.33. The van der Waals surface area contributed by atoms with Crippen molar-refractivity contribution in [1.29, 1.82) is 0 Å². The van der Waals surface area contributed by atoms with Gasteiger partial charge in [-0.3, -0.25) is 20.8 Å². The summed E-state index contributed by atoms with van der Waals surface area (Å²) in [5, 5.41) is 9.91. The SMILES string of the molecule is CC1(C)CC(=O)C=C(N2CC[C@H](Oc3ccc(C(Oc4ccc5c(c4)C[N+](=C(N)N)CC5)C(=O)O)cc3)C2)C1.[Cl-]. The quantitative estimate of drug-likeness (QED) is 0.313. The van der Waals surface area contributed by atoms with E-state index in [-0.39, 0.29) is 35.7 Å². The highest BCUT2D eigenvalue weighted by Crippen LogP contribution is 2.36. The highest BCUT2D eigenvalue weighted by atomic mass is 35.5. The van der Waals surface area contributed by atoms with Crippen LogP contribution < -0.4 is 33.3 Å². The summed E-state index contributed by atoms with van der Waals surface area (Å²) in [7, 11) is 0. The summed E-state index contributed by atoms with van der Waals surface area (Å²) in [6.07, 6.45) is 3.77. The first-order chi connectivity index (χ1) is 18.6. The number of carboxylic acids is 1. The number of carbonyl (C=O) groups is 2. The Kier molecular flexibility index (Phi) is 8.63. The van der Waals surface area contributed by atoms with Crippen LogP contribution >= 0.6 is 0 Å². The number of guanidine groups is 1. The van der Waals surface area contributed by atoms with Crippen LogP contribution in [0.4, 0.5) is 0 Å². The minimum absolute atomic E-state index is 0. The molecule has 2 heterocycles. The number of hydrogen-bond donors (Lipinski definition) is 3. The van der Waals surface area contributed by atoms with Crippen molar-refractivity contribution in [3.05, 3.63) is 70.9 Å². The number of halogens is 1. The van der Waals surface area contributed by atoms with Crippen molar-refractivity contribution in [2.24, 2.45) is 16.9 Å². The van der Waals surface area contributed by atoms with Gasteiger partial charge in [0.2, 0.25) is 6.10 Å². The van der Waals surface area contributed by atoms with Gasteiger partial charge in [-0.15, -0.1) is 0 Å². The lowest BCUT2D eigenvalue weighted by atomic mass is 9.78. The number of ether oxygens (including phenoxy) is 2. The number of rotatable bonds is 7. The van der Waals surface area contributed by atoms with Gasteiger partial charge in [0.25, 0.3) is 0 Å². The van der Waals surface area contributed by atoms with Crippen LogP contribution in [0.3, 0.4) is 0 Å². The second kappa shape index (κ2) is 11.8. The minimum Gasteiger partial charge on any atom is -1.00 e. The zero-order chi connectivity index (χ0) is 27.7. The van der Waals surface area contributed by atoms with E-state index in [1.807, 2.05) is 16.7 Å². The maximum absolute atomic E-state index is 12.2. The molecule has 40 heavy (non-hydrogen) atoms. The maximum Gasteiger partial charge on any atom is 0.349 e. The van der Waals surface area contributed by atoms with Gasteiger partial charge in [0, 0.05) is 43.1 Å². The van der Waals surface area contributed by atoms with Crippen molar-refractivity contribution in [1.82, 2.24) is 4.90 Å². The predicted octanol–water partition coefficient (Wildman–Crippen LogP) is -0.0366. The molecule has 1 saturated heterocycles. The van der Waals surface area contributed by atoms with E-state index in [9.17, 15) is 14.7 Å². The number of aliphatic carboxylic acids is 1. The van der Waals surface area contributed by atoms with Crippen molar-refractivity contribution in [3.8, 4) is 11.5 Å². The zero-order valence-electron chi connectivity index (χ0n) is 22.9. The van der Waals surface area contributed by atoms with Crippen molar-refractivity contribution in [2.45, 2.75) is 58.3 Å². The molecule has 5 rings (SSSR count). The molecule has 0 bridgehead atoms.